The van der Waals surface area contributed by atoms with Crippen molar-refractivity contribution in [3.8, 4) is 0 Å². The molecule has 3 rings (SSSR count). The zero-order chi connectivity index (χ0) is 15.0. The second-order valence-corrected chi connectivity index (χ2v) is 6.27. The topological polar surface area (TPSA) is 63.6 Å². The SMILES string of the molecule is Cc1cccn2c(=O)cc(CN3CC(C)CC(N)C3)nc12. The van der Waals surface area contributed by atoms with Crippen molar-refractivity contribution < 1.29 is 0 Å². The summed E-state index contributed by atoms with van der Waals surface area (Å²) in [5.74, 6) is 0.594. The van der Waals surface area contributed by atoms with E-state index in [0.29, 0.717) is 12.5 Å². The Kier molecular flexibility index (Phi) is 3.78. The van der Waals surface area contributed by atoms with E-state index in [9.17, 15) is 4.79 Å². The first-order valence-corrected chi connectivity index (χ1v) is 7.49. The fraction of sp³-hybridized carbons (Fsp3) is 0.500. The maximum absolute atomic E-state index is 12.2. The number of hydrogen-bond acceptors (Lipinski definition) is 4. The molecule has 1 saturated heterocycles. The summed E-state index contributed by atoms with van der Waals surface area (Å²) >= 11 is 0. The number of aromatic nitrogens is 2. The summed E-state index contributed by atoms with van der Waals surface area (Å²) in [5.41, 5.74) is 8.65. The van der Waals surface area contributed by atoms with Gasteiger partial charge in [-0.3, -0.25) is 14.1 Å². The molecule has 112 valence electrons. The molecule has 5 nitrogen and oxygen atoms in total. The van der Waals surface area contributed by atoms with Crippen LogP contribution in [0.3, 0.4) is 0 Å². The molecule has 0 aliphatic carbocycles. The van der Waals surface area contributed by atoms with Crippen LogP contribution in [-0.2, 0) is 6.54 Å². The highest BCUT2D eigenvalue weighted by atomic mass is 16.1. The predicted octanol–water partition coefficient (Wildman–Crippen LogP) is 1.17. The standard InChI is InChI=1S/C16H22N4O/c1-11-6-13(17)9-19(8-11)10-14-7-15(21)20-5-3-4-12(2)16(20)18-14/h3-5,7,11,13H,6,8-10,17H2,1-2H3. The zero-order valence-electron chi connectivity index (χ0n) is 12.6. The van der Waals surface area contributed by atoms with Gasteiger partial charge in [0.05, 0.1) is 5.69 Å². The monoisotopic (exact) mass is 286 g/mol. The Balaban J connectivity index is 1.91. The molecule has 2 aromatic heterocycles. The summed E-state index contributed by atoms with van der Waals surface area (Å²) < 4.78 is 1.60. The van der Waals surface area contributed by atoms with Crippen molar-refractivity contribution in [2.75, 3.05) is 13.1 Å². The third-order valence-electron chi connectivity index (χ3n) is 4.09. The molecule has 2 atom stereocenters. The largest absolute Gasteiger partial charge is 0.327 e. The van der Waals surface area contributed by atoms with Crippen molar-refractivity contribution in [3.05, 3.63) is 46.0 Å². The van der Waals surface area contributed by atoms with Crippen molar-refractivity contribution in [1.29, 1.82) is 0 Å². The van der Waals surface area contributed by atoms with Gasteiger partial charge < -0.3 is 5.73 Å². The van der Waals surface area contributed by atoms with Gasteiger partial charge in [-0.1, -0.05) is 13.0 Å². The summed E-state index contributed by atoms with van der Waals surface area (Å²) in [6.45, 7) is 6.78. The number of rotatable bonds is 2. The van der Waals surface area contributed by atoms with Gasteiger partial charge in [-0.05, 0) is 30.9 Å². The van der Waals surface area contributed by atoms with E-state index < -0.39 is 0 Å². The highest BCUT2D eigenvalue weighted by molar-refractivity contribution is 5.46. The molecule has 0 saturated carbocycles. The lowest BCUT2D eigenvalue weighted by molar-refractivity contribution is 0.157. The lowest BCUT2D eigenvalue weighted by Gasteiger charge is -2.34. The Bertz CT molecular complexity index is 699. The van der Waals surface area contributed by atoms with Crippen LogP contribution in [0.2, 0.25) is 0 Å². The summed E-state index contributed by atoms with van der Waals surface area (Å²) in [6, 6.07) is 5.70. The number of nitrogens with two attached hydrogens (primary N) is 1. The van der Waals surface area contributed by atoms with Gasteiger partial charge in [0.25, 0.3) is 5.56 Å². The first kappa shape index (κ1) is 14.2. The maximum Gasteiger partial charge on any atom is 0.258 e. The van der Waals surface area contributed by atoms with E-state index in [1.54, 1.807) is 16.7 Å². The van der Waals surface area contributed by atoms with E-state index >= 15 is 0 Å². The molecule has 1 fully saturated rings. The molecule has 0 amide bonds. The number of piperidine rings is 1. The minimum absolute atomic E-state index is 0.0203. The number of nitrogens with zero attached hydrogens (tertiary/aromatic N) is 3. The molecule has 0 aromatic carbocycles. The summed E-state index contributed by atoms with van der Waals surface area (Å²) in [5, 5.41) is 0. The normalized spacial score (nSPS) is 23.6. The van der Waals surface area contributed by atoms with Crippen molar-refractivity contribution >= 4 is 5.65 Å². The van der Waals surface area contributed by atoms with Crippen LogP contribution >= 0.6 is 0 Å². The van der Waals surface area contributed by atoms with Crippen LogP contribution < -0.4 is 11.3 Å². The molecule has 0 radical (unpaired) electrons. The van der Waals surface area contributed by atoms with E-state index in [4.69, 9.17) is 5.73 Å². The molecule has 2 N–H and O–H groups in total. The third kappa shape index (κ3) is 2.99. The van der Waals surface area contributed by atoms with E-state index in [1.165, 1.54) is 0 Å². The predicted molar refractivity (Wildman–Crippen MR) is 83.2 cm³/mol. The number of fused-ring (bicyclic) bond motifs is 1. The molecular weight excluding hydrogens is 264 g/mol. The molecule has 0 bridgehead atoms. The van der Waals surface area contributed by atoms with Crippen molar-refractivity contribution in [3.63, 3.8) is 0 Å². The Morgan fingerprint density at radius 3 is 3.00 bits per heavy atom. The van der Waals surface area contributed by atoms with Crippen LogP contribution in [0.15, 0.2) is 29.2 Å². The van der Waals surface area contributed by atoms with E-state index in [-0.39, 0.29) is 11.6 Å². The summed E-state index contributed by atoms with van der Waals surface area (Å²) in [6.07, 6.45) is 2.84. The van der Waals surface area contributed by atoms with E-state index in [2.05, 4.69) is 16.8 Å². The van der Waals surface area contributed by atoms with Gasteiger partial charge in [0.15, 0.2) is 0 Å². The van der Waals surface area contributed by atoms with Gasteiger partial charge in [-0.15, -0.1) is 0 Å². The molecule has 2 unspecified atom stereocenters. The number of pyridine rings is 1. The zero-order valence-corrected chi connectivity index (χ0v) is 12.6. The maximum atomic E-state index is 12.2. The molecule has 21 heavy (non-hydrogen) atoms. The molecule has 1 aliphatic rings. The summed E-state index contributed by atoms with van der Waals surface area (Å²) in [7, 11) is 0. The minimum atomic E-state index is -0.0203. The second kappa shape index (κ2) is 5.58. The van der Waals surface area contributed by atoms with Gasteiger partial charge in [0, 0.05) is 37.9 Å². The quantitative estimate of drug-likeness (QED) is 0.900. The fourth-order valence-corrected chi connectivity index (χ4v) is 3.26. The second-order valence-electron chi connectivity index (χ2n) is 6.27. The van der Waals surface area contributed by atoms with Crippen molar-refractivity contribution in [2.24, 2.45) is 11.7 Å². The van der Waals surface area contributed by atoms with Crippen LogP contribution in [0.4, 0.5) is 0 Å². The number of hydrogen-bond donors (Lipinski definition) is 1. The average Bonchev–Trinajstić information content (AvgIpc) is 2.39. The van der Waals surface area contributed by atoms with Gasteiger partial charge >= 0.3 is 0 Å². The smallest absolute Gasteiger partial charge is 0.258 e. The third-order valence-corrected chi connectivity index (χ3v) is 4.09. The van der Waals surface area contributed by atoms with E-state index in [0.717, 1.165) is 36.4 Å². The molecule has 0 spiro atoms. The van der Waals surface area contributed by atoms with Crippen LogP contribution in [0.25, 0.3) is 5.65 Å². The average molecular weight is 286 g/mol. The van der Waals surface area contributed by atoms with Gasteiger partial charge in [0.1, 0.15) is 5.65 Å². The molecule has 1 aliphatic heterocycles. The minimum Gasteiger partial charge on any atom is -0.327 e. The Morgan fingerprint density at radius 1 is 1.43 bits per heavy atom. The first-order chi connectivity index (χ1) is 10.0. The van der Waals surface area contributed by atoms with Crippen LogP contribution in [0.1, 0.15) is 24.6 Å². The van der Waals surface area contributed by atoms with Crippen LogP contribution in [0, 0.1) is 12.8 Å². The lowest BCUT2D eigenvalue weighted by Crippen LogP contribution is -2.46. The van der Waals surface area contributed by atoms with Gasteiger partial charge in [-0.25, -0.2) is 4.98 Å². The highest BCUT2D eigenvalue weighted by Crippen LogP contribution is 2.17. The van der Waals surface area contributed by atoms with Crippen LogP contribution in [0.5, 0.6) is 0 Å². The number of likely N-dealkylation sites (tertiary alicyclic amines) is 1. The first-order valence-electron chi connectivity index (χ1n) is 7.49. The Hall–Kier alpha value is -1.72. The number of aryl methyl sites for hydroxylation is 1. The Morgan fingerprint density at radius 2 is 2.24 bits per heavy atom. The molecular formula is C16H22N4O. The van der Waals surface area contributed by atoms with Gasteiger partial charge in [0.2, 0.25) is 0 Å². The molecule has 3 heterocycles. The van der Waals surface area contributed by atoms with Gasteiger partial charge in [-0.2, -0.15) is 0 Å². The van der Waals surface area contributed by atoms with Crippen LogP contribution in [-0.4, -0.2) is 33.4 Å². The fourth-order valence-electron chi connectivity index (χ4n) is 3.26. The molecule has 2 aromatic rings. The lowest BCUT2D eigenvalue weighted by atomic mass is 9.96. The molecule has 5 heteroatoms. The summed E-state index contributed by atoms with van der Waals surface area (Å²) in [4.78, 5) is 19.2. The highest BCUT2D eigenvalue weighted by Gasteiger charge is 2.22. The Labute approximate surface area is 124 Å². The van der Waals surface area contributed by atoms with Crippen molar-refractivity contribution in [1.82, 2.24) is 14.3 Å². The van der Waals surface area contributed by atoms with E-state index in [1.807, 2.05) is 19.1 Å². The van der Waals surface area contributed by atoms with Crippen molar-refractivity contribution in [2.45, 2.75) is 32.9 Å².